The molecular weight excluding hydrogens is 705 g/mol. The lowest BCUT2D eigenvalue weighted by Crippen LogP contribution is -2.34. The van der Waals surface area contributed by atoms with Gasteiger partial charge in [-0.2, -0.15) is 4.57 Å². The van der Waals surface area contributed by atoms with Crippen LogP contribution in [-0.4, -0.2) is 4.57 Å². The van der Waals surface area contributed by atoms with Gasteiger partial charge in [-0.25, -0.2) is 4.57 Å². The second-order valence-corrected chi connectivity index (χ2v) is 19.1. The minimum atomic E-state index is 0.0803. The highest BCUT2D eigenvalue weighted by Gasteiger charge is 2.39. The van der Waals surface area contributed by atoms with E-state index in [1.807, 2.05) is 0 Å². The summed E-state index contributed by atoms with van der Waals surface area (Å²) in [7, 11) is 2.23. The van der Waals surface area contributed by atoms with Crippen LogP contribution in [0.15, 0.2) is 120 Å². The normalized spacial score (nSPS) is 15.2. The summed E-state index contributed by atoms with van der Waals surface area (Å²) in [6.45, 7) is 21.3. The molecule has 10 rings (SSSR count). The molecule has 9 aromatic rings. The average Bonchev–Trinajstić information content (AvgIpc) is 3.71. The quantitative estimate of drug-likeness (QED) is 0.126. The van der Waals surface area contributed by atoms with E-state index in [2.05, 4.69) is 194 Å². The molecule has 1 aliphatic rings. The largest absolute Gasteiger partial charge is 0.455 e. The molecule has 0 spiro atoms. The maximum absolute atomic E-state index is 7.26. The summed E-state index contributed by atoms with van der Waals surface area (Å²) in [4.78, 5) is 0. The first-order valence-corrected chi connectivity index (χ1v) is 21.3. The molecular formula is C55H55N2O+. The van der Waals surface area contributed by atoms with Crippen LogP contribution in [0.4, 0.5) is 0 Å². The maximum atomic E-state index is 7.26. The van der Waals surface area contributed by atoms with Crippen LogP contribution in [0.25, 0.3) is 82.7 Å². The Hall–Kier alpha value is -5.67. The fourth-order valence-electron chi connectivity index (χ4n) is 10.4. The van der Waals surface area contributed by atoms with Crippen LogP contribution in [0.1, 0.15) is 108 Å². The SMILES string of the molecule is Cc1ccc2c(oc3cc4c(ccc5ccc6c(c54)C(C)(C)CCC6(C)C)cc32)c1-c1n(-c2c(C(C)C)cc(-c3ccccc3)cc2C(C)C)c2ccccc2[n+]1C. The van der Waals surface area contributed by atoms with E-state index in [9.17, 15) is 0 Å². The molecule has 0 fully saturated rings. The van der Waals surface area contributed by atoms with E-state index in [4.69, 9.17) is 4.42 Å². The van der Waals surface area contributed by atoms with Crippen molar-refractivity contribution in [1.82, 2.24) is 4.57 Å². The third kappa shape index (κ3) is 5.35. The molecule has 0 bridgehead atoms. The summed E-state index contributed by atoms with van der Waals surface area (Å²) in [5, 5.41) is 7.56. The Morgan fingerprint density at radius 3 is 2.02 bits per heavy atom. The van der Waals surface area contributed by atoms with Gasteiger partial charge in [0.1, 0.15) is 16.8 Å². The van der Waals surface area contributed by atoms with E-state index >= 15 is 0 Å². The summed E-state index contributed by atoms with van der Waals surface area (Å²) in [5.74, 6) is 1.72. The fraction of sp³-hybridized carbons (Fsp3) is 0.291. The molecule has 0 saturated carbocycles. The van der Waals surface area contributed by atoms with Gasteiger partial charge < -0.3 is 4.42 Å². The molecule has 58 heavy (non-hydrogen) atoms. The number of para-hydroxylation sites is 2. The standard InChI is InChI=1S/C55H55N2O/c1-32(2)40-29-38(35-16-12-11-13-17-35)30-41(33(3)4)51(40)57-46-19-15-14-18-45(46)56(10)53(57)48-34(5)20-24-39-43-28-37-22-21-36-23-25-44-50(55(8,9)27-26-54(44,6)7)49(36)42(37)31-47(43)58-52(39)48/h11-25,28-33H,26-27H2,1-10H3/q+1. The van der Waals surface area contributed by atoms with Crippen molar-refractivity contribution in [3.8, 4) is 28.2 Å². The summed E-state index contributed by atoms with van der Waals surface area (Å²) < 4.78 is 12.2. The third-order valence-electron chi connectivity index (χ3n) is 13.7. The van der Waals surface area contributed by atoms with Crippen molar-refractivity contribution in [1.29, 1.82) is 0 Å². The Morgan fingerprint density at radius 1 is 0.638 bits per heavy atom. The van der Waals surface area contributed by atoms with Crippen LogP contribution in [0.5, 0.6) is 0 Å². The zero-order chi connectivity index (χ0) is 40.4. The van der Waals surface area contributed by atoms with Gasteiger partial charge >= 0.3 is 0 Å². The topological polar surface area (TPSA) is 21.9 Å². The van der Waals surface area contributed by atoms with Crippen LogP contribution in [0.2, 0.25) is 0 Å². The van der Waals surface area contributed by atoms with E-state index in [-0.39, 0.29) is 10.8 Å². The molecule has 0 atom stereocenters. The predicted molar refractivity (Wildman–Crippen MR) is 246 cm³/mol. The van der Waals surface area contributed by atoms with Crippen molar-refractivity contribution in [2.75, 3.05) is 0 Å². The zero-order valence-electron chi connectivity index (χ0n) is 35.8. The zero-order valence-corrected chi connectivity index (χ0v) is 35.8. The second kappa shape index (κ2) is 12.9. The van der Waals surface area contributed by atoms with Crippen LogP contribution in [-0.2, 0) is 17.9 Å². The molecule has 2 heterocycles. The van der Waals surface area contributed by atoms with Gasteiger partial charge in [0.05, 0.1) is 7.05 Å². The van der Waals surface area contributed by atoms with Gasteiger partial charge in [-0.1, -0.05) is 134 Å². The summed E-state index contributed by atoms with van der Waals surface area (Å²) in [6, 6.07) is 43.3. The number of nitrogens with zero attached hydrogens (tertiary/aromatic N) is 2. The van der Waals surface area contributed by atoms with Crippen molar-refractivity contribution in [3.63, 3.8) is 0 Å². The first kappa shape index (κ1) is 36.7. The molecule has 3 heteroatoms. The number of benzene rings is 7. The van der Waals surface area contributed by atoms with Gasteiger partial charge in [0.15, 0.2) is 16.6 Å². The minimum Gasteiger partial charge on any atom is -0.455 e. The van der Waals surface area contributed by atoms with Gasteiger partial charge in [-0.15, -0.1) is 0 Å². The number of aromatic nitrogens is 2. The Morgan fingerprint density at radius 2 is 1.29 bits per heavy atom. The molecule has 0 radical (unpaired) electrons. The highest BCUT2D eigenvalue weighted by Crippen LogP contribution is 2.51. The molecule has 0 unspecified atom stereocenters. The number of hydrogen-bond acceptors (Lipinski definition) is 1. The molecule has 2 aromatic heterocycles. The molecule has 0 saturated heterocycles. The number of fused-ring (bicyclic) bond motifs is 9. The first-order valence-electron chi connectivity index (χ1n) is 21.3. The Balaban J connectivity index is 1.30. The lowest BCUT2D eigenvalue weighted by atomic mass is 9.62. The second-order valence-electron chi connectivity index (χ2n) is 19.1. The molecule has 0 N–H and O–H groups in total. The number of furan rings is 1. The molecule has 7 aromatic carbocycles. The Bertz CT molecular complexity index is 3100. The average molecular weight is 760 g/mol. The smallest absolute Gasteiger partial charge is 0.299 e. The first-order chi connectivity index (χ1) is 27.7. The number of rotatable bonds is 5. The predicted octanol–water partition coefficient (Wildman–Crippen LogP) is 14.9. The fourth-order valence-corrected chi connectivity index (χ4v) is 10.4. The van der Waals surface area contributed by atoms with Crippen molar-refractivity contribution in [2.24, 2.45) is 7.05 Å². The van der Waals surface area contributed by atoms with Crippen molar-refractivity contribution in [3.05, 3.63) is 143 Å². The molecule has 3 nitrogen and oxygen atoms in total. The van der Waals surface area contributed by atoms with Gasteiger partial charge in [0, 0.05) is 21.9 Å². The minimum absolute atomic E-state index is 0.0803. The van der Waals surface area contributed by atoms with Crippen LogP contribution >= 0.6 is 0 Å². The van der Waals surface area contributed by atoms with Crippen molar-refractivity contribution < 1.29 is 8.98 Å². The van der Waals surface area contributed by atoms with E-state index in [0.717, 1.165) is 33.3 Å². The molecule has 0 aliphatic heterocycles. The molecule has 0 amide bonds. The van der Waals surface area contributed by atoms with Crippen LogP contribution in [0, 0.1) is 6.92 Å². The van der Waals surface area contributed by atoms with Crippen LogP contribution < -0.4 is 4.57 Å². The van der Waals surface area contributed by atoms with Gasteiger partial charge in [-0.05, 0) is 128 Å². The van der Waals surface area contributed by atoms with Crippen molar-refractivity contribution in [2.45, 2.75) is 97.8 Å². The third-order valence-corrected chi connectivity index (χ3v) is 13.7. The van der Waals surface area contributed by atoms with E-state index in [0.29, 0.717) is 11.8 Å². The van der Waals surface area contributed by atoms with E-state index < -0.39 is 0 Å². The number of imidazole rings is 1. The van der Waals surface area contributed by atoms with Gasteiger partial charge in [0.2, 0.25) is 0 Å². The van der Waals surface area contributed by atoms with Crippen LogP contribution in [0.3, 0.4) is 0 Å². The highest BCUT2D eigenvalue weighted by molar-refractivity contribution is 6.18. The highest BCUT2D eigenvalue weighted by atomic mass is 16.3. The summed E-state index contributed by atoms with van der Waals surface area (Å²) in [5.41, 5.74) is 16.3. The summed E-state index contributed by atoms with van der Waals surface area (Å²) in [6.07, 6.45) is 2.37. The Kier molecular flexibility index (Phi) is 8.16. The summed E-state index contributed by atoms with van der Waals surface area (Å²) >= 11 is 0. The monoisotopic (exact) mass is 759 g/mol. The number of aryl methyl sites for hydroxylation is 2. The van der Waals surface area contributed by atoms with Crippen molar-refractivity contribution >= 4 is 54.5 Å². The van der Waals surface area contributed by atoms with E-state index in [1.54, 1.807) is 0 Å². The number of hydrogen-bond donors (Lipinski definition) is 0. The molecule has 290 valence electrons. The lowest BCUT2D eigenvalue weighted by molar-refractivity contribution is -0.633. The molecule has 1 aliphatic carbocycles. The lowest BCUT2D eigenvalue weighted by Gasteiger charge is -2.42. The van der Waals surface area contributed by atoms with Gasteiger partial charge in [-0.3, -0.25) is 0 Å². The van der Waals surface area contributed by atoms with E-state index in [1.165, 1.54) is 90.1 Å². The van der Waals surface area contributed by atoms with Gasteiger partial charge in [0.25, 0.3) is 5.82 Å². The maximum Gasteiger partial charge on any atom is 0.299 e. The Labute approximate surface area is 342 Å².